The molecule has 0 saturated heterocycles. The molecule has 0 aromatic carbocycles. The van der Waals surface area contributed by atoms with Gasteiger partial charge in [-0.3, -0.25) is 0 Å². The zero-order valence-corrected chi connectivity index (χ0v) is 7.73. The first-order valence-corrected chi connectivity index (χ1v) is 4.68. The summed E-state index contributed by atoms with van der Waals surface area (Å²) in [6.07, 6.45) is 1.50. The molecule has 0 aliphatic rings. The predicted octanol–water partition coefficient (Wildman–Crippen LogP) is 3.10. The molecule has 66 valence electrons. The third kappa shape index (κ3) is 3.15. The van der Waals surface area contributed by atoms with Gasteiger partial charge in [-0.2, -0.15) is 0 Å². The maximum absolute atomic E-state index is 12.9. The topological polar surface area (TPSA) is 9.23 Å². The third-order valence-electron chi connectivity index (χ3n) is 1.29. The fraction of sp³-hybridized carbons (Fsp3) is 0.333. The lowest BCUT2D eigenvalue weighted by Crippen LogP contribution is -1.92. The second-order valence-corrected chi connectivity index (χ2v) is 3.22. The molecule has 0 fully saturated rings. The van der Waals surface area contributed by atoms with Crippen molar-refractivity contribution in [3.63, 3.8) is 0 Å². The maximum Gasteiger partial charge on any atom is 0.127 e. The van der Waals surface area contributed by atoms with Crippen LogP contribution in [0.25, 0.3) is 6.08 Å². The molecular formula is C9H11FOS. The van der Waals surface area contributed by atoms with Gasteiger partial charge in [0.15, 0.2) is 0 Å². The molecule has 0 aliphatic heterocycles. The zero-order valence-electron chi connectivity index (χ0n) is 6.92. The van der Waals surface area contributed by atoms with E-state index in [1.165, 1.54) is 17.4 Å². The van der Waals surface area contributed by atoms with Gasteiger partial charge in [0.2, 0.25) is 0 Å². The molecule has 0 amide bonds. The first kappa shape index (κ1) is 9.42. The number of hydrogen-bond donors (Lipinski definition) is 0. The highest BCUT2D eigenvalue weighted by Crippen LogP contribution is 2.13. The molecule has 0 unspecified atom stereocenters. The van der Waals surface area contributed by atoms with E-state index in [1.807, 2.05) is 24.4 Å². The molecule has 0 saturated carbocycles. The van der Waals surface area contributed by atoms with Crippen LogP contribution >= 0.6 is 11.3 Å². The lowest BCUT2D eigenvalue weighted by atomic mass is 10.4. The molecule has 1 rings (SSSR count). The number of thiophene rings is 1. The maximum atomic E-state index is 12.9. The van der Waals surface area contributed by atoms with E-state index in [9.17, 15) is 4.39 Å². The summed E-state index contributed by atoms with van der Waals surface area (Å²) in [5.74, 6) is -0.223. The summed E-state index contributed by atoms with van der Waals surface area (Å²) in [6, 6.07) is 3.76. The van der Waals surface area contributed by atoms with Crippen LogP contribution in [0.3, 0.4) is 0 Å². The molecule has 1 aromatic rings. The van der Waals surface area contributed by atoms with Crippen LogP contribution in [0.15, 0.2) is 23.3 Å². The van der Waals surface area contributed by atoms with Gasteiger partial charge in [-0.1, -0.05) is 6.07 Å². The van der Waals surface area contributed by atoms with Crippen LogP contribution in [-0.2, 0) is 4.74 Å². The normalized spacial score (nSPS) is 12.0. The van der Waals surface area contributed by atoms with Gasteiger partial charge in [0.1, 0.15) is 5.83 Å². The van der Waals surface area contributed by atoms with E-state index in [2.05, 4.69) is 0 Å². The first-order chi connectivity index (χ1) is 5.83. The molecule has 12 heavy (non-hydrogen) atoms. The van der Waals surface area contributed by atoms with Crippen LogP contribution in [0.1, 0.15) is 11.8 Å². The number of halogens is 1. The highest BCUT2D eigenvalue weighted by molar-refractivity contribution is 7.10. The minimum Gasteiger partial charge on any atom is -0.375 e. The van der Waals surface area contributed by atoms with Gasteiger partial charge in [0, 0.05) is 11.5 Å². The van der Waals surface area contributed by atoms with Crippen LogP contribution in [0, 0.1) is 0 Å². The van der Waals surface area contributed by atoms with Crippen molar-refractivity contribution in [2.24, 2.45) is 0 Å². The summed E-state index contributed by atoms with van der Waals surface area (Å²) in [6.45, 7) is 2.47. The zero-order chi connectivity index (χ0) is 8.81. The van der Waals surface area contributed by atoms with E-state index in [0.717, 1.165) is 4.88 Å². The van der Waals surface area contributed by atoms with E-state index in [0.29, 0.717) is 6.61 Å². The summed E-state index contributed by atoms with van der Waals surface area (Å²) in [5, 5.41) is 1.92. The highest BCUT2D eigenvalue weighted by atomic mass is 32.1. The summed E-state index contributed by atoms with van der Waals surface area (Å²) in [7, 11) is 0. The predicted molar refractivity (Wildman–Crippen MR) is 49.9 cm³/mol. The van der Waals surface area contributed by atoms with Gasteiger partial charge >= 0.3 is 0 Å². The Bertz CT molecular complexity index is 241. The van der Waals surface area contributed by atoms with Crippen molar-refractivity contribution in [2.75, 3.05) is 13.2 Å². The van der Waals surface area contributed by atoms with Crippen LogP contribution in [-0.4, -0.2) is 13.2 Å². The van der Waals surface area contributed by atoms with Crippen molar-refractivity contribution >= 4 is 17.4 Å². The summed E-state index contributed by atoms with van der Waals surface area (Å²) in [5.41, 5.74) is 0. The molecule has 0 bridgehead atoms. The van der Waals surface area contributed by atoms with Crippen LogP contribution in [0.4, 0.5) is 4.39 Å². The quantitative estimate of drug-likeness (QED) is 0.702. The number of rotatable bonds is 4. The van der Waals surface area contributed by atoms with Gasteiger partial charge in [-0.05, 0) is 24.4 Å². The Hall–Kier alpha value is -0.670. The molecule has 3 heteroatoms. The van der Waals surface area contributed by atoms with E-state index in [-0.39, 0.29) is 12.4 Å². The van der Waals surface area contributed by atoms with Crippen molar-refractivity contribution < 1.29 is 9.13 Å². The summed E-state index contributed by atoms with van der Waals surface area (Å²) >= 11 is 1.51. The lowest BCUT2D eigenvalue weighted by molar-refractivity contribution is 0.157. The van der Waals surface area contributed by atoms with Crippen molar-refractivity contribution in [2.45, 2.75) is 6.92 Å². The summed E-state index contributed by atoms with van der Waals surface area (Å²) in [4.78, 5) is 0.923. The fourth-order valence-corrected chi connectivity index (χ4v) is 1.44. The molecule has 0 aliphatic carbocycles. The van der Waals surface area contributed by atoms with Gasteiger partial charge in [-0.25, -0.2) is 4.39 Å². The monoisotopic (exact) mass is 186 g/mol. The molecular weight excluding hydrogens is 175 g/mol. The average molecular weight is 186 g/mol. The fourth-order valence-electron chi connectivity index (χ4n) is 0.769. The molecule has 1 heterocycles. The van der Waals surface area contributed by atoms with Crippen LogP contribution in [0.5, 0.6) is 0 Å². The third-order valence-corrected chi connectivity index (χ3v) is 2.11. The Labute approximate surface area is 75.5 Å². The second-order valence-electron chi connectivity index (χ2n) is 2.24. The van der Waals surface area contributed by atoms with E-state index in [1.54, 1.807) is 0 Å². The van der Waals surface area contributed by atoms with Gasteiger partial charge in [0.05, 0.1) is 6.61 Å². The van der Waals surface area contributed by atoms with Crippen molar-refractivity contribution in [3.05, 3.63) is 28.2 Å². The van der Waals surface area contributed by atoms with Gasteiger partial charge in [0.25, 0.3) is 0 Å². The Kier molecular flexibility index (Phi) is 3.97. The minimum absolute atomic E-state index is 0.0778. The SMILES string of the molecule is CCOC/C(F)=C/c1cccs1. The number of ether oxygens (including phenoxy) is 1. The molecule has 0 radical (unpaired) electrons. The molecule has 0 N–H and O–H groups in total. The Morgan fingerprint density at radius 1 is 1.75 bits per heavy atom. The second kappa shape index (κ2) is 5.06. The minimum atomic E-state index is -0.223. The van der Waals surface area contributed by atoms with Crippen molar-refractivity contribution in [1.29, 1.82) is 0 Å². The smallest absolute Gasteiger partial charge is 0.127 e. The van der Waals surface area contributed by atoms with Gasteiger partial charge < -0.3 is 4.74 Å². The lowest BCUT2D eigenvalue weighted by Gasteiger charge is -1.96. The Balaban J connectivity index is 2.46. The number of hydrogen-bond acceptors (Lipinski definition) is 2. The Morgan fingerprint density at radius 3 is 3.17 bits per heavy atom. The first-order valence-electron chi connectivity index (χ1n) is 3.80. The average Bonchev–Trinajstić information content (AvgIpc) is 2.53. The largest absolute Gasteiger partial charge is 0.375 e. The highest BCUT2D eigenvalue weighted by Gasteiger charge is 1.95. The van der Waals surface area contributed by atoms with Gasteiger partial charge in [-0.15, -0.1) is 11.3 Å². The van der Waals surface area contributed by atoms with Crippen LogP contribution < -0.4 is 0 Å². The summed E-state index contributed by atoms with van der Waals surface area (Å²) < 4.78 is 17.8. The van der Waals surface area contributed by atoms with Crippen LogP contribution in [0.2, 0.25) is 0 Å². The van der Waals surface area contributed by atoms with E-state index < -0.39 is 0 Å². The Morgan fingerprint density at radius 2 is 2.58 bits per heavy atom. The van der Waals surface area contributed by atoms with Crippen molar-refractivity contribution in [1.82, 2.24) is 0 Å². The molecule has 0 atom stereocenters. The molecule has 1 aromatic heterocycles. The van der Waals surface area contributed by atoms with E-state index >= 15 is 0 Å². The van der Waals surface area contributed by atoms with E-state index in [4.69, 9.17) is 4.74 Å². The molecule has 0 spiro atoms. The standard InChI is InChI=1S/C9H11FOS/c1-2-11-7-8(10)6-9-4-3-5-12-9/h3-6H,2,7H2,1H3/b8-6-. The molecule has 1 nitrogen and oxygen atoms in total. The van der Waals surface area contributed by atoms with Crippen molar-refractivity contribution in [3.8, 4) is 0 Å².